The van der Waals surface area contributed by atoms with Crippen LogP contribution >= 0.6 is 0 Å². The lowest BCUT2D eigenvalue weighted by Gasteiger charge is -2.29. The predicted molar refractivity (Wildman–Crippen MR) is 57.0 cm³/mol. The van der Waals surface area contributed by atoms with Crippen LogP contribution in [0.1, 0.15) is 46.0 Å². The van der Waals surface area contributed by atoms with E-state index in [1.807, 2.05) is 0 Å². The van der Waals surface area contributed by atoms with E-state index in [4.69, 9.17) is 5.11 Å². The monoisotopic (exact) mass is 198 g/mol. The van der Waals surface area contributed by atoms with Crippen molar-refractivity contribution in [2.75, 3.05) is 6.61 Å². The fourth-order valence-corrected chi connectivity index (χ4v) is 2.42. The van der Waals surface area contributed by atoms with Crippen LogP contribution in [-0.4, -0.2) is 17.5 Å². The van der Waals surface area contributed by atoms with Crippen molar-refractivity contribution in [3.05, 3.63) is 0 Å². The molecule has 0 saturated heterocycles. The molecule has 0 aromatic carbocycles. The minimum atomic E-state index is 0.0168. The van der Waals surface area contributed by atoms with E-state index in [1.54, 1.807) is 0 Å². The van der Waals surface area contributed by atoms with Crippen LogP contribution in [0.3, 0.4) is 0 Å². The van der Waals surface area contributed by atoms with Gasteiger partial charge in [-0.3, -0.25) is 4.79 Å². The summed E-state index contributed by atoms with van der Waals surface area (Å²) in [7, 11) is 0. The summed E-state index contributed by atoms with van der Waals surface area (Å²) >= 11 is 0. The normalized spacial score (nSPS) is 28.0. The molecule has 1 rings (SSSR count). The highest BCUT2D eigenvalue weighted by atomic mass is 16.3. The quantitative estimate of drug-likeness (QED) is 0.753. The predicted octanol–water partition coefficient (Wildman–Crippen LogP) is 2.40. The molecule has 0 spiro atoms. The molecule has 1 aliphatic carbocycles. The molecule has 0 unspecified atom stereocenters. The molecule has 2 heteroatoms. The van der Waals surface area contributed by atoms with E-state index in [-0.39, 0.29) is 18.3 Å². The molecular weight excluding hydrogens is 176 g/mol. The molecular formula is C12H22O2. The molecule has 0 amide bonds. The Morgan fingerprint density at radius 2 is 1.86 bits per heavy atom. The van der Waals surface area contributed by atoms with E-state index in [9.17, 15) is 4.79 Å². The van der Waals surface area contributed by atoms with Crippen LogP contribution in [0.2, 0.25) is 0 Å². The maximum absolute atomic E-state index is 11.5. The van der Waals surface area contributed by atoms with E-state index in [1.165, 1.54) is 12.8 Å². The molecule has 0 aromatic heterocycles. The van der Waals surface area contributed by atoms with Crippen LogP contribution in [0.25, 0.3) is 0 Å². The van der Waals surface area contributed by atoms with Crippen molar-refractivity contribution >= 4 is 5.78 Å². The fourth-order valence-electron chi connectivity index (χ4n) is 2.42. The molecule has 0 aliphatic heterocycles. The number of aliphatic hydroxyl groups excluding tert-OH is 1. The van der Waals surface area contributed by atoms with E-state index in [0.29, 0.717) is 6.42 Å². The Hall–Kier alpha value is -0.370. The number of aliphatic hydroxyl groups is 1. The first-order valence-electron chi connectivity index (χ1n) is 5.78. The van der Waals surface area contributed by atoms with Crippen molar-refractivity contribution < 1.29 is 9.90 Å². The third-order valence-electron chi connectivity index (χ3n) is 3.53. The number of hydrogen-bond acceptors (Lipinski definition) is 2. The Morgan fingerprint density at radius 3 is 2.29 bits per heavy atom. The summed E-state index contributed by atoms with van der Waals surface area (Å²) < 4.78 is 0. The molecule has 1 aliphatic rings. The van der Waals surface area contributed by atoms with Crippen molar-refractivity contribution in [1.82, 2.24) is 0 Å². The highest BCUT2D eigenvalue weighted by Gasteiger charge is 2.26. The van der Waals surface area contributed by atoms with Gasteiger partial charge in [-0.05, 0) is 37.5 Å². The summed E-state index contributed by atoms with van der Waals surface area (Å²) in [5.41, 5.74) is 0. The second-order valence-electron chi connectivity index (χ2n) is 4.80. The number of carbonyl (C=O) groups is 1. The smallest absolute Gasteiger partial charge is 0.138 e. The molecule has 0 atom stereocenters. The van der Waals surface area contributed by atoms with Gasteiger partial charge in [0.25, 0.3) is 0 Å². The lowest BCUT2D eigenvalue weighted by atomic mass is 9.75. The molecule has 1 N–H and O–H groups in total. The minimum absolute atomic E-state index is 0.0168. The molecule has 0 bridgehead atoms. The van der Waals surface area contributed by atoms with E-state index >= 15 is 0 Å². The Bertz CT molecular complexity index is 179. The molecule has 0 heterocycles. The van der Waals surface area contributed by atoms with Gasteiger partial charge in [-0.2, -0.15) is 0 Å². The highest BCUT2D eigenvalue weighted by molar-refractivity contribution is 5.81. The van der Waals surface area contributed by atoms with Gasteiger partial charge >= 0.3 is 0 Å². The number of ketones is 1. The van der Waals surface area contributed by atoms with Crippen LogP contribution in [0.4, 0.5) is 0 Å². The van der Waals surface area contributed by atoms with Gasteiger partial charge in [0.15, 0.2) is 0 Å². The third-order valence-corrected chi connectivity index (χ3v) is 3.53. The van der Waals surface area contributed by atoms with Crippen molar-refractivity contribution in [2.45, 2.75) is 46.0 Å². The largest absolute Gasteiger partial charge is 0.396 e. The van der Waals surface area contributed by atoms with E-state index in [2.05, 4.69) is 13.8 Å². The van der Waals surface area contributed by atoms with Gasteiger partial charge in [-0.25, -0.2) is 0 Å². The fraction of sp³-hybridized carbons (Fsp3) is 0.917. The molecule has 0 radical (unpaired) electrons. The summed E-state index contributed by atoms with van der Waals surface area (Å²) in [4.78, 5) is 11.5. The molecule has 1 saturated carbocycles. The van der Waals surface area contributed by atoms with E-state index in [0.717, 1.165) is 24.7 Å². The molecule has 1 fully saturated rings. The maximum atomic E-state index is 11.5. The Morgan fingerprint density at radius 1 is 1.29 bits per heavy atom. The van der Waals surface area contributed by atoms with E-state index < -0.39 is 0 Å². The summed E-state index contributed by atoms with van der Waals surface area (Å²) in [6, 6.07) is 0. The van der Waals surface area contributed by atoms with Crippen LogP contribution in [-0.2, 0) is 4.79 Å². The van der Waals surface area contributed by atoms with Crippen LogP contribution in [0.5, 0.6) is 0 Å². The zero-order valence-electron chi connectivity index (χ0n) is 9.33. The summed E-state index contributed by atoms with van der Waals surface area (Å²) in [6.07, 6.45) is 4.83. The van der Waals surface area contributed by atoms with Gasteiger partial charge in [0.2, 0.25) is 0 Å². The highest BCUT2D eigenvalue weighted by Crippen LogP contribution is 2.33. The lowest BCUT2D eigenvalue weighted by Crippen LogP contribution is -2.24. The van der Waals surface area contributed by atoms with Gasteiger partial charge in [0.1, 0.15) is 5.78 Å². The molecule has 0 aromatic rings. The maximum Gasteiger partial charge on any atom is 0.138 e. The van der Waals surface area contributed by atoms with Gasteiger partial charge in [0, 0.05) is 18.9 Å². The summed E-state index contributed by atoms with van der Waals surface area (Å²) in [5.74, 6) is 2.09. The average Bonchev–Trinajstić information content (AvgIpc) is 2.18. The van der Waals surface area contributed by atoms with Crippen molar-refractivity contribution in [1.29, 1.82) is 0 Å². The molecule has 2 nitrogen and oxygen atoms in total. The SMILES string of the molecule is CC(C)C1CCC(C(=O)CCO)CC1. The standard InChI is InChI=1S/C12H22O2/c1-9(2)10-3-5-11(6-4-10)12(14)7-8-13/h9-11,13H,3-8H2,1-2H3. The number of rotatable bonds is 4. The average molecular weight is 198 g/mol. The van der Waals surface area contributed by atoms with Gasteiger partial charge < -0.3 is 5.11 Å². The topological polar surface area (TPSA) is 37.3 Å². The Labute approximate surface area is 86.7 Å². The van der Waals surface area contributed by atoms with Crippen molar-refractivity contribution in [3.8, 4) is 0 Å². The minimum Gasteiger partial charge on any atom is -0.396 e. The first-order valence-corrected chi connectivity index (χ1v) is 5.78. The first-order chi connectivity index (χ1) is 6.65. The van der Waals surface area contributed by atoms with Gasteiger partial charge in [0.05, 0.1) is 0 Å². The van der Waals surface area contributed by atoms with Crippen LogP contribution in [0.15, 0.2) is 0 Å². The number of Topliss-reactive ketones (excluding diaryl/α,β-unsaturated/α-hetero) is 1. The van der Waals surface area contributed by atoms with Gasteiger partial charge in [-0.1, -0.05) is 13.8 Å². The second-order valence-corrected chi connectivity index (χ2v) is 4.80. The number of hydrogen-bond donors (Lipinski definition) is 1. The molecule has 14 heavy (non-hydrogen) atoms. The lowest BCUT2D eigenvalue weighted by molar-refractivity contribution is -0.124. The Kier molecular flexibility index (Phi) is 4.59. The van der Waals surface area contributed by atoms with Crippen molar-refractivity contribution in [3.63, 3.8) is 0 Å². The third kappa shape index (κ3) is 3.09. The van der Waals surface area contributed by atoms with Crippen LogP contribution in [0, 0.1) is 17.8 Å². The zero-order chi connectivity index (χ0) is 10.6. The molecule has 82 valence electrons. The summed E-state index contributed by atoms with van der Waals surface area (Å²) in [5, 5.41) is 8.69. The summed E-state index contributed by atoms with van der Waals surface area (Å²) in [6.45, 7) is 4.55. The van der Waals surface area contributed by atoms with Crippen LogP contribution < -0.4 is 0 Å². The Balaban J connectivity index is 2.31. The first kappa shape index (κ1) is 11.7. The number of carbonyl (C=O) groups excluding carboxylic acids is 1. The zero-order valence-corrected chi connectivity index (χ0v) is 9.33. The van der Waals surface area contributed by atoms with Gasteiger partial charge in [-0.15, -0.1) is 0 Å². The second kappa shape index (κ2) is 5.50. The van der Waals surface area contributed by atoms with Crippen molar-refractivity contribution in [2.24, 2.45) is 17.8 Å².